The molecule has 44 heavy (non-hydrogen) atoms. The lowest BCUT2D eigenvalue weighted by atomic mass is 9.52. The predicted molar refractivity (Wildman–Crippen MR) is 173 cm³/mol. The van der Waals surface area contributed by atoms with Gasteiger partial charge in [0.05, 0.1) is 23.6 Å². The molecule has 1 saturated heterocycles. The Bertz CT molecular complexity index is 1370. The van der Waals surface area contributed by atoms with Crippen LogP contribution in [0.25, 0.3) is 0 Å². The molecule has 2 aliphatic heterocycles. The smallest absolute Gasteiger partial charge is 0.325 e. The Balaban J connectivity index is 1.01. The number of anilines is 4. The summed E-state index contributed by atoms with van der Waals surface area (Å²) in [7, 11) is 0. The number of urea groups is 1. The Morgan fingerprint density at radius 2 is 1.52 bits per heavy atom. The van der Waals surface area contributed by atoms with E-state index < -0.39 is 11.1 Å². The number of carbonyl (C=O) groups excluding carboxylic acids is 2. The van der Waals surface area contributed by atoms with Crippen LogP contribution in [0.15, 0.2) is 48.5 Å². The Morgan fingerprint density at radius 3 is 2.16 bits per heavy atom. The first-order chi connectivity index (χ1) is 21.1. The Morgan fingerprint density at radius 1 is 0.886 bits per heavy atom. The van der Waals surface area contributed by atoms with Gasteiger partial charge in [0.2, 0.25) is 0 Å². The van der Waals surface area contributed by atoms with Gasteiger partial charge >= 0.3 is 12.0 Å². The minimum atomic E-state index is -0.629. The molecule has 2 aromatic rings. The van der Waals surface area contributed by atoms with Crippen molar-refractivity contribution in [3.8, 4) is 0 Å². The van der Waals surface area contributed by atoms with E-state index in [2.05, 4.69) is 50.3 Å². The van der Waals surface area contributed by atoms with E-state index in [-0.39, 0.29) is 18.0 Å². The van der Waals surface area contributed by atoms with Crippen molar-refractivity contribution < 1.29 is 19.4 Å². The molecule has 4 bridgehead atoms. The number of ether oxygens (including phenoxy) is 1. The minimum Gasteiger partial charge on any atom is -0.465 e. The predicted octanol–water partition coefficient (Wildman–Crippen LogP) is 4.76. The fraction of sp³-hybridized carbons (Fsp3) is 0.600. The first-order valence-corrected chi connectivity index (χ1v) is 16.6. The van der Waals surface area contributed by atoms with Gasteiger partial charge in [-0.3, -0.25) is 14.6 Å². The number of piperazine rings is 1. The highest BCUT2D eigenvalue weighted by atomic mass is 16.5. The average Bonchev–Trinajstić information content (AvgIpc) is 3.01. The molecule has 0 aromatic heterocycles. The Kier molecular flexibility index (Phi) is 7.52. The molecule has 4 aliphatic carbocycles. The van der Waals surface area contributed by atoms with Gasteiger partial charge in [-0.1, -0.05) is 12.1 Å². The highest BCUT2D eigenvalue weighted by molar-refractivity contribution is 5.98. The van der Waals surface area contributed by atoms with Crippen molar-refractivity contribution in [2.75, 3.05) is 60.6 Å². The van der Waals surface area contributed by atoms with Crippen molar-refractivity contribution in [2.45, 2.75) is 70.1 Å². The summed E-state index contributed by atoms with van der Waals surface area (Å²) in [6.45, 7) is 10.8. The number of hydrogen-bond donors (Lipinski definition) is 2. The largest absolute Gasteiger partial charge is 0.465 e. The van der Waals surface area contributed by atoms with Crippen LogP contribution in [0.4, 0.5) is 27.5 Å². The van der Waals surface area contributed by atoms with Crippen molar-refractivity contribution in [3.05, 3.63) is 48.5 Å². The maximum atomic E-state index is 13.7. The lowest BCUT2D eigenvalue weighted by Crippen LogP contribution is -2.63. The number of fused-ring (bicyclic) bond motifs is 1. The summed E-state index contributed by atoms with van der Waals surface area (Å²) in [6.07, 6.45) is 4.86. The van der Waals surface area contributed by atoms with Crippen molar-refractivity contribution in [2.24, 2.45) is 17.8 Å². The second kappa shape index (κ2) is 11.2. The van der Waals surface area contributed by atoms with E-state index in [1.807, 2.05) is 43.9 Å². The molecule has 0 radical (unpaired) electrons. The Hall–Kier alpha value is -3.30. The molecular formula is C35H47N5O4. The summed E-state index contributed by atoms with van der Waals surface area (Å²) >= 11 is 0. The number of amides is 2. The van der Waals surface area contributed by atoms with Gasteiger partial charge < -0.3 is 25.0 Å². The topological polar surface area (TPSA) is 88.6 Å². The first-order valence-electron chi connectivity index (χ1n) is 16.6. The van der Waals surface area contributed by atoms with Crippen molar-refractivity contribution in [3.63, 3.8) is 0 Å². The van der Waals surface area contributed by atoms with Crippen LogP contribution < -0.4 is 20.0 Å². The number of aliphatic hydroxyl groups is 1. The van der Waals surface area contributed by atoms with Gasteiger partial charge in [-0.05, 0) is 107 Å². The summed E-state index contributed by atoms with van der Waals surface area (Å²) < 4.78 is 5.31. The molecule has 2 N–H and O–H groups in total. The summed E-state index contributed by atoms with van der Waals surface area (Å²) in [5.74, 6) is 1.23. The van der Waals surface area contributed by atoms with Gasteiger partial charge in [0.15, 0.2) is 0 Å². The van der Waals surface area contributed by atoms with Crippen molar-refractivity contribution >= 4 is 34.7 Å². The number of hydrogen-bond acceptors (Lipinski definition) is 7. The van der Waals surface area contributed by atoms with E-state index in [4.69, 9.17) is 4.74 Å². The molecule has 2 atom stereocenters. The zero-order chi connectivity index (χ0) is 30.6. The van der Waals surface area contributed by atoms with Gasteiger partial charge in [-0.2, -0.15) is 0 Å². The second-order valence-corrected chi connectivity index (χ2v) is 14.2. The SMILES string of the molecule is CCOC(=O)C(C)(C)N1CCN(c2ccc(N3CCN(C(=O)NC4C5CC6CC4CC(O)(C6)C5)c4ccccc43)cc2)CC1. The van der Waals surface area contributed by atoms with Crippen LogP contribution in [0, 0.1) is 17.8 Å². The molecule has 0 spiro atoms. The van der Waals surface area contributed by atoms with Crippen LogP contribution >= 0.6 is 0 Å². The molecule has 9 nitrogen and oxygen atoms in total. The van der Waals surface area contributed by atoms with E-state index in [9.17, 15) is 14.7 Å². The average molecular weight is 602 g/mol. The minimum absolute atomic E-state index is 0.0119. The van der Waals surface area contributed by atoms with Crippen LogP contribution in [0.5, 0.6) is 0 Å². The lowest BCUT2D eigenvalue weighted by molar-refractivity contribution is -0.156. The molecule has 6 aliphatic rings. The summed E-state index contributed by atoms with van der Waals surface area (Å²) in [5.41, 5.74) is 3.13. The monoisotopic (exact) mass is 601 g/mol. The lowest BCUT2D eigenvalue weighted by Gasteiger charge is -2.58. The number of carbonyl (C=O) groups is 2. The van der Waals surface area contributed by atoms with E-state index >= 15 is 0 Å². The molecule has 236 valence electrons. The number of esters is 1. The van der Waals surface area contributed by atoms with Gasteiger partial charge in [-0.15, -0.1) is 0 Å². The molecule has 2 unspecified atom stereocenters. The second-order valence-electron chi connectivity index (χ2n) is 14.2. The number of nitrogens with zero attached hydrogens (tertiary/aromatic N) is 4. The van der Waals surface area contributed by atoms with Crippen LogP contribution in [-0.2, 0) is 9.53 Å². The third kappa shape index (κ3) is 5.21. The van der Waals surface area contributed by atoms with Gasteiger partial charge in [0.1, 0.15) is 5.54 Å². The van der Waals surface area contributed by atoms with Crippen LogP contribution in [0.2, 0.25) is 0 Å². The Labute approximate surface area is 261 Å². The molecule has 2 aromatic carbocycles. The molecule has 4 saturated carbocycles. The number of rotatable bonds is 6. The van der Waals surface area contributed by atoms with E-state index in [0.717, 1.165) is 75.3 Å². The third-order valence-corrected chi connectivity index (χ3v) is 11.2. The first kappa shape index (κ1) is 29.4. The van der Waals surface area contributed by atoms with Crippen molar-refractivity contribution in [1.29, 1.82) is 0 Å². The van der Waals surface area contributed by atoms with Gasteiger partial charge in [0, 0.05) is 56.7 Å². The van der Waals surface area contributed by atoms with Crippen LogP contribution in [0.1, 0.15) is 52.9 Å². The zero-order valence-corrected chi connectivity index (χ0v) is 26.4. The molecule has 8 rings (SSSR count). The molecule has 9 heteroatoms. The third-order valence-electron chi connectivity index (χ3n) is 11.2. The van der Waals surface area contributed by atoms with Crippen LogP contribution in [-0.4, -0.2) is 85.1 Å². The highest BCUT2D eigenvalue weighted by Crippen LogP contribution is 2.55. The zero-order valence-electron chi connectivity index (χ0n) is 26.4. The fourth-order valence-electron chi connectivity index (χ4n) is 9.08. The maximum absolute atomic E-state index is 13.7. The fourth-order valence-corrected chi connectivity index (χ4v) is 9.08. The summed E-state index contributed by atoms with van der Waals surface area (Å²) in [5, 5.41) is 14.4. The summed E-state index contributed by atoms with van der Waals surface area (Å²) in [6, 6.07) is 17.1. The number of nitrogens with one attached hydrogen (secondary N) is 1. The van der Waals surface area contributed by atoms with Gasteiger partial charge in [0.25, 0.3) is 0 Å². The van der Waals surface area contributed by atoms with E-state index in [1.54, 1.807) is 0 Å². The summed E-state index contributed by atoms with van der Waals surface area (Å²) in [4.78, 5) is 35.0. The normalized spacial score (nSPS) is 29.9. The van der Waals surface area contributed by atoms with Crippen molar-refractivity contribution in [1.82, 2.24) is 10.2 Å². The number of benzene rings is 2. The molecular weight excluding hydrogens is 554 g/mol. The highest BCUT2D eigenvalue weighted by Gasteiger charge is 2.55. The maximum Gasteiger partial charge on any atom is 0.325 e. The molecule has 2 heterocycles. The van der Waals surface area contributed by atoms with E-state index in [0.29, 0.717) is 37.5 Å². The van der Waals surface area contributed by atoms with Gasteiger partial charge in [-0.25, -0.2) is 4.79 Å². The quantitative estimate of drug-likeness (QED) is 0.462. The van der Waals surface area contributed by atoms with E-state index in [1.165, 1.54) is 5.69 Å². The van der Waals surface area contributed by atoms with Crippen LogP contribution in [0.3, 0.4) is 0 Å². The number of para-hydroxylation sites is 2. The standard InChI is InChI=1S/C35H47N5O4/c1-4-44-32(41)34(2,3)38-15-13-37(14-16-38)27-9-11-28(12-10-27)39-17-18-40(30-8-6-5-7-29(30)39)33(42)36-31-25-19-24-20-26(31)23-35(43,21-24)22-25/h5-12,24-26,31,43H,4,13-23H2,1-3H3,(H,36,42). The molecule has 2 amide bonds. The molecule has 5 fully saturated rings.